The molecule has 0 spiro atoms. The number of methoxy groups -OCH3 is 2. The van der Waals surface area contributed by atoms with Gasteiger partial charge in [0.2, 0.25) is 0 Å². The zero-order valence-corrected chi connectivity index (χ0v) is 20.8. The second kappa shape index (κ2) is 11.3. The minimum Gasteiger partial charge on any atom is -0.493 e. The Morgan fingerprint density at radius 1 is 1.06 bits per heavy atom. The van der Waals surface area contributed by atoms with Gasteiger partial charge in [-0.3, -0.25) is 0 Å². The number of hydrogen-bond acceptors (Lipinski definition) is 9. The summed E-state index contributed by atoms with van der Waals surface area (Å²) in [6.45, 7) is 5.88. The van der Waals surface area contributed by atoms with E-state index in [2.05, 4.69) is 14.7 Å². The number of rotatable bonds is 11. The molecule has 0 saturated carbocycles. The van der Waals surface area contributed by atoms with Crippen molar-refractivity contribution in [1.82, 2.24) is 19.4 Å². The molecule has 184 valence electrons. The number of amides is 1. The van der Waals surface area contributed by atoms with Gasteiger partial charge in [0.05, 0.1) is 19.7 Å². The Hall–Kier alpha value is -2.86. The van der Waals surface area contributed by atoms with Crippen LogP contribution >= 0.6 is 0 Å². The minimum atomic E-state index is -3.96. The van der Waals surface area contributed by atoms with Gasteiger partial charge in [-0.25, -0.2) is 19.5 Å². The summed E-state index contributed by atoms with van der Waals surface area (Å²) in [5.74, 6) is 1.96. The van der Waals surface area contributed by atoms with E-state index in [1.807, 2.05) is 28.8 Å². The molecule has 0 fully saturated rings. The van der Waals surface area contributed by atoms with Crippen LogP contribution in [0.25, 0.3) is 10.9 Å². The minimum absolute atomic E-state index is 0.204. The van der Waals surface area contributed by atoms with Crippen LogP contribution in [-0.4, -0.2) is 64.4 Å². The maximum Gasteiger partial charge on any atom is 0.422 e. The van der Waals surface area contributed by atoms with Crippen LogP contribution < -0.4 is 23.8 Å². The van der Waals surface area contributed by atoms with Gasteiger partial charge in [-0.1, -0.05) is 6.42 Å². The Morgan fingerprint density at radius 3 is 2.36 bits per heavy atom. The Balaban J connectivity index is 1.83. The first kappa shape index (κ1) is 26.4. The molecule has 0 aliphatic rings. The number of hydrogen-bond donors (Lipinski definition) is 2. The molecular formula is C21H33N5O6S. The lowest BCUT2D eigenvalue weighted by Gasteiger charge is -2.20. The van der Waals surface area contributed by atoms with Crippen LogP contribution in [0.5, 0.6) is 11.5 Å². The number of aromatic nitrogens is 2. The highest BCUT2D eigenvalue weighted by Crippen LogP contribution is 2.34. The van der Waals surface area contributed by atoms with Crippen LogP contribution in [0.2, 0.25) is 0 Å². The van der Waals surface area contributed by atoms with E-state index in [1.165, 1.54) is 6.33 Å². The first-order chi connectivity index (χ1) is 15.5. The lowest BCUT2D eigenvalue weighted by atomic mass is 10.2. The third-order valence-corrected chi connectivity index (χ3v) is 5.58. The summed E-state index contributed by atoms with van der Waals surface area (Å²) >= 11 is 0. The third-order valence-electron chi connectivity index (χ3n) is 4.56. The Morgan fingerprint density at radius 2 is 1.73 bits per heavy atom. The second-order valence-electron chi connectivity index (χ2n) is 8.41. The SMILES string of the molecule is COc1cc2ncnc(N(C)CCCCCNS(=O)(=O)NC(=O)OC(C)(C)C)c2cc1OC. The highest BCUT2D eigenvalue weighted by Gasteiger charge is 2.21. The predicted molar refractivity (Wildman–Crippen MR) is 126 cm³/mol. The number of ether oxygens (including phenoxy) is 3. The number of anilines is 1. The summed E-state index contributed by atoms with van der Waals surface area (Å²) in [7, 11) is 1.13. The molecule has 0 aliphatic carbocycles. The van der Waals surface area contributed by atoms with Gasteiger partial charge >= 0.3 is 16.3 Å². The van der Waals surface area contributed by atoms with Crippen molar-refractivity contribution in [2.24, 2.45) is 0 Å². The molecule has 0 unspecified atom stereocenters. The summed E-state index contributed by atoms with van der Waals surface area (Å²) in [4.78, 5) is 22.4. The van der Waals surface area contributed by atoms with Gasteiger partial charge in [-0.2, -0.15) is 13.1 Å². The number of nitrogens with one attached hydrogen (secondary N) is 2. The predicted octanol–water partition coefficient (Wildman–Crippen LogP) is 2.61. The van der Waals surface area contributed by atoms with Crippen LogP contribution in [-0.2, 0) is 14.9 Å². The quantitative estimate of drug-likeness (QED) is 0.463. The number of carbonyl (C=O) groups is 1. The van der Waals surface area contributed by atoms with E-state index in [4.69, 9.17) is 14.2 Å². The van der Waals surface area contributed by atoms with Gasteiger partial charge in [0.15, 0.2) is 11.5 Å². The van der Waals surface area contributed by atoms with Crippen molar-refractivity contribution in [2.45, 2.75) is 45.6 Å². The maximum atomic E-state index is 11.9. The number of nitrogens with zero attached hydrogens (tertiary/aromatic N) is 3. The fourth-order valence-corrected chi connectivity index (χ4v) is 3.83. The standard InChI is InChI=1S/C21H33N5O6S/c1-21(2,3)32-20(27)25-33(28,29)24-10-8-7-9-11-26(4)19-15-12-17(30-5)18(31-6)13-16(15)22-14-23-19/h12-14,24H,7-11H2,1-6H3,(H,25,27). The zero-order valence-electron chi connectivity index (χ0n) is 20.0. The largest absolute Gasteiger partial charge is 0.493 e. The van der Waals surface area contributed by atoms with E-state index in [-0.39, 0.29) is 6.54 Å². The summed E-state index contributed by atoms with van der Waals surface area (Å²) in [5, 5.41) is 0.846. The molecule has 1 aromatic carbocycles. The Kier molecular flexibility index (Phi) is 9.06. The summed E-state index contributed by atoms with van der Waals surface area (Å²) in [5.41, 5.74) is -0.0333. The fourth-order valence-electron chi connectivity index (χ4n) is 3.08. The molecule has 11 nitrogen and oxygen atoms in total. The van der Waals surface area contributed by atoms with E-state index >= 15 is 0 Å². The molecule has 33 heavy (non-hydrogen) atoms. The van der Waals surface area contributed by atoms with Crippen LogP contribution in [0.4, 0.5) is 10.6 Å². The van der Waals surface area contributed by atoms with Crippen molar-refractivity contribution >= 4 is 33.0 Å². The second-order valence-corrected chi connectivity index (χ2v) is 9.91. The lowest BCUT2D eigenvalue weighted by molar-refractivity contribution is 0.0569. The fraction of sp³-hybridized carbons (Fsp3) is 0.571. The van der Waals surface area contributed by atoms with Gasteiger partial charge < -0.3 is 19.1 Å². The average Bonchev–Trinajstić information content (AvgIpc) is 2.72. The number of unbranched alkanes of at least 4 members (excludes halogenated alkanes) is 2. The first-order valence-corrected chi connectivity index (χ1v) is 12.0. The molecule has 1 heterocycles. The number of benzene rings is 1. The van der Waals surface area contributed by atoms with Gasteiger partial charge in [0, 0.05) is 31.6 Å². The summed E-state index contributed by atoms with van der Waals surface area (Å²) in [6.07, 6.45) is 2.70. The number of fused-ring (bicyclic) bond motifs is 1. The van der Waals surface area contributed by atoms with Crippen molar-refractivity contribution in [2.75, 3.05) is 39.3 Å². The molecule has 0 aliphatic heterocycles. The Bertz CT molecular complexity index is 1060. The van der Waals surface area contributed by atoms with E-state index < -0.39 is 21.9 Å². The molecule has 2 N–H and O–H groups in total. The summed E-state index contributed by atoms with van der Waals surface area (Å²) in [6, 6.07) is 3.66. The normalized spacial score (nSPS) is 11.8. The van der Waals surface area contributed by atoms with E-state index in [0.717, 1.165) is 29.6 Å². The van der Waals surface area contributed by atoms with Gasteiger partial charge in [0.25, 0.3) is 0 Å². The molecule has 2 aromatic rings. The van der Waals surface area contributed by atoms with E-state index in [9.17, 15) is 13.2 Å². The third kappa shape index (κ3) is 8.21. The molecule has 0 atom stereocenters. The molecule has 1 amide bonds. The zero-order chi connectivity index (χ0) is 24.6. The molecule has 0 bridgehead atoms. The van der Waals surface area contributed by atoms with Gasteiger partial charge in [0.1, 0.15) is 17.7 Å². The highest BCUT2D eigenvalue weighted by molar-refractivity contribution is 7.88. The molecule has 2 rings (SSSR count). The first-order valence-electron chi connectivity index (χ1n) is 10.5. The van der Waals surface area contributed by atoms with E-state index in [1.54, 1.807) is 35.0 Å². The van der Waals surface area contributed by atoms with Crippen molar-refractivity contribution in [3.63, 3.8) is 0 Å². The topological polar surface area (TPSA) is 132 Å². The van der Waals surface area contributed by atoms with E-state index in [0.29, 0.717) is 24.5 Å². The molecule has 0 saturated heterocycles. The maximum absolute atomic E-state index is 11.9. The molecule has 12 heteroatoms. The van der Waals surface area contributed by atoms with Crippen LogP contribution in [0.3, 0.4) is 0 Å². The number of carbonyl (C=O) groups excluding carboxylic acids is 1. The lowest BCUT2D eigenvalue weighted by Crippen LogP contribution is -2.43. The Labute approximate surface area is 195 Å². The highest BCUT2D eigenvalue weighted by atomic mass is 32.2. The van der Waals surface area contributed by atoms with Crippen LogP contribution in [0.1, 0.15) is 40.0 Å². The molecule has 0 radical (unpaired) electrons. The summed E-state index contributed by atoms with van der Waals surface area (Å²) < 4.78 is 43.7. The van der Waals surface area contributed by atoms with Crippen molar-refractivity contribution < 1.29 is 27.4 Å². The van der Waals surface area contributed by atoms with Gasteiger partial charge in [-0.05, 0) is 39.7 Å². The monoisotopic (exact) mass is 483 g/mol. The average molecular weight is 484 g/mol. The molecule has 1 aromatic heterocycles. The van der Waals surface area contributed by atoms with Crippen molar-refractivity contribution in [3.05, 3.63) is 18.5 Å². The van der Waals surface area contributed by atoms with Crippen molar-refractivity contribution in [3.8, 4) is 11.5 Å². The van der Waals surface area contributed by atoms with Crippen molar-refractivity contribution in [1.29, 1.82) is 0 Å². The van der Waals surface area contributed by atoms with Gasteiger partial charge in [-0.15, -0.1) is 0 Å². The molecular weight excluding hydrogens is 450 g/mol. The van der Waals surface area contributed by atoms with Crippen LogP contribution in [0, 0.1) is 0 Å². The van der Waals surface area contributed by atoms with Crippen LogP contribution in [0.15, 0.2) is 18.5 Å². The smallest absolute Gasteiger partial charge is 0.422 e.